The molecule has 0 aromatic heterocycles. The molecule has 1 fully saturated rings. The van der Waals surface area contributed by atoms with Gasteiger partial charge in [-0.1, -0.05) is 156 Å². The molecule has 0 N–H and O–H groups in total. The largest absolute Gasteiger partial charge is 0.465 e. The van der Waals surface area contributed by atoms with Crippen molar-refractivity contribution >= 4 is 41.9 Å². The van der Waals surface area contributed by atoms with E-state index in [2.05, 4.69) is 27.7 Å². The lowest BCUT2D eigenvalue weighted by Crippen LogP contribution is -2.44. The van der Waals surface area contributed by atoms with Gasteiger partial charge in [0.25, 0.3) is 0 Å². The molecule has 0 aliphatic carbocycles. The van der Waals surface area contributed by atoms with Crippen molar-refractivity contribution in [3.05, 3.63) is 0 Å². The van der Waals surface area contributed by atoms with Crippen LogP contribution in [0.25, 0.3) is 0 Å². The second kappa shape index (κ2) is 40.6. The summed E-state index contributed by atoms with van der Waals surface area (Å²) in [4.78, 5) is 96.4. The van der Waals surface area contributed by atoms with E-state index in [-0.39, 0.29) is 65.7 Å². The minimum absolute atomic E-state index is 0.196. The molecule has 0 spiro atoms. The van der Waals surface area contributed by atoms with Crippen LogP contribution in [0.5, 0.6) is 0 Å². The maximum absolute atomic E-state index is 13.7. The molecule has 1 saturated heterocycles. The van der Waals surface area contributed by atoms with Crippen LogP contribution in [0.2, 0.25) is 0 Å². The average Bonchev–Trinajstić information content (AvgIpc) is 3.68. The van der Waals surface area contributed by atoms with Crippen molar-refractivity contribution in [2.75, 3.05) is 78.8 Å². The third-order valence-electron chi connectivity index (χ3n) is 11.6. The number of carbonyl (C=O) groups is 7. The Morgan fingerprint density at radius 2 is 0.629 bits per heavy atom. The third-order valence-corrected chi connectivity index (χ3v) is 11.6. The summed E-state index contributed by atoms with van der Waals surface area (Å²) in [6.45, 7) is 11.5. The number of carbonyl (C=O) groups excluding carboxylic acids is 7. The van der Waals surface area contributed by atoms with E-state index in [4.69, 9.17) is 33.2 Å². The van der Waals surface area contributed by atoms with Crippen molar-refractivity contribution in [2.45, 2.75) is 220 Å². The van der Waals surface area contributed by atoms with Gasteiger partial charge in [-0.2, -0.15) is 0 Å². The predicted octanol–water partition coefficient (Wildman–Crippen LogP) is 9.28. The fourth-order valence-corrected chi connectivity index (χ4v) is 7.75. The van der Waals surface area contributed by atoms with E-state index in [1.54, 1.807) is 20.8 Å². The van der Waals surface area contributed by atoms with E-state index in [1.165, 1.54) is 14.7 Å². The van der Waals surface area contributed by atoms with E-state index in [9.17, 15) is 33.6 Å². The van der Waals surface area contributed by atoms with Gasteiger partial charge in [-0.15, -0.1) is 0 Å². The lowest BCUT2D eigenvalue weighted by molar-refractivity contribution is -0.167. The van der Waals surface area contributed by atoms with Gasteiger partial charge < -0.3 is 38.1 Å². The Bertz CT molecular complexity index is 1300. The van der Waals surface area contributed by atoms with Crippen molar-refractivity contribution in [1.82, 2.24) is 14.7 Å². The first-order chi connectivity index (χ1) is 33.6. The van der Waals surface area contributed by atoms with Gasteiger partial charge in [-0.25, -0.2) is 4.79 Å². The minimum atomic E-state index is -1.18. The molecule has 406 valence electrons. The maximum Gasteiger partial charge on any atom is 0.410 e. The Morgan fingerprint density at radius 1 is 0.386 bits per heavy atom. The van der Waals surface area contributed by atoms with Crippen LogP contribution in [0.15, 0.2) is 0 Å². The van der Waals surface area contributed by atoms with Crippen LogP contribution < -0.4 is 0 Å². The van der Waals surface area contributed by atoms with Crippen molar-refractivity contribution in [3.8, 4) is 0 Å². The highest BCUT2D eigenvalue weighted by Gasteiger charge is 2.42. The summed E-state index contributed by atoms with van der Waals surface area (Å²) in [7, 11) is 0. The molecule has 0 aromatic rings. The second-order valence-electron chi connectivity index (χ2n) is 19.7. The molecule has 70 heavy (non-hydrogen) atoms. The van der Waals surface area contributed by atoms with Gasteiger partial charge in [0.05, 0.1) is 78.8 Å². The number of hydrogen-bond acceptors (Lipinski definition) is 16. The molecule has 2 atom stereocenters. The second-order valence-corrected chi connectivity index (χ2v) is 19.7. The number of unbranched alkanes of at least 4 members (excludes halogenated alkanes) is 20. The van der Waals surface area contributed by atoms with Gasteiger partial charge in [-0.05, 0) is 46.5 Å². The smallest absolute Gasteiger partial charge is 0.410 e. The Labute approximate surface area is 421 Å². The summed E-state index contributed by atoms with van der Waals surface area (Å²) in [6, 6.07) is 0. The number of esters is 6. The Balaban J connectivity index is 3.15. The molecule has 1 aliphatic rings. The van der Waals surface area contributed by atoms with E-state index in [0.29, 0.717) is 25.7 Å². The van der Waals surface area contributed by atoms with Crippen LogP contribution >= 0.6 is 0 Å². The molecule has 17 nitrogen and oxygen atoms in total. The first kappa shape index (κ1) is 64.0. The minimum Gasteiger partial charge on any atom is -0.465 e. The molecule has 1 amide bonds. The first-order valence-electron chi connectivity index (χ1n) is 27.0. The van der Waals surface area contributed by atoms with Gasteiger partial charge in [0.15, 0.2) is 12.2 Å². The zero-order valence-electron chi connectivity index (χ0n) is 44.7. The number of nitrogens with zero attached hydrogens (tertiary/aromatic N) is 3. The summed E-state index contributed by atoms with van der Waals surface area (Å²) in [5.74, 6) is -4.17. The first-order valence-corrected chi connectivity index (χ1v) is 27.0. The van der Waals surface area contributed by atoms with Crippen LogP contribution in [-0.4, -0.2) is 153 Å². The van der Waals surface area contributed by atoms with Crippen molar-refractivity contribution in [2.24, 2.45) is 0 Å². The summed E-state index contributed by atoms with van der Waals surface area (Å²) in [5.41, 5.74) is -0.861. The monoisotopic (exact) mass is 998 g/mol. The lowest BCUT2D eigenvalue weighted by atomic mass is 10.1. The Morgan fingerprint density at radius 3 is 0.886 bits per heavy atom. The third kappa shape index (κ3) is 35.2. The fourth-order valence-electron chi connectivity index (χ4n) is 7.75. The fraction of sp³-hybridized carbons (Fsp3) is 0.868. The molecule has 1 aliphatic heterocycles. The SMILES string of the molecule is CCCCCCCCOC(=O)CN(CC(=O)OCCCCCCCC)CC(=O)O[C@H]1CN(C(=O)OC(C)(C)C)C[C@@H]1OC(=O)CN(CC(=O)OCCCCCCCC)CC(=O)OCCCCCCCC. The summed E-state index contributed by atoms with van der Waals surface area (Å²) < 4.78 is 39.1. The average molecular weight is 998 g/mol. The molecular formula is C53H95N3O14. The van der Waals surface area contributed by atoms with Crippen LogP contribution in [-0.2, 0) is 61.9 Å². The van der Waals surface area contributed by atoms with Gasteiger partial charge in [-0.3, -0.25) is 38.6 Å². The molecule has 1 heterocycles. The number of ether oxygens (including phenoxy) is 7. The van der Waals surface area contributed by atoms with Gasteiger partial charge in [0, 0.05) is 0 Å². The normalized spacial score (nSPS) is 14.7. The van der Waals surface area contributed by atoms with E-state index in [0.717, 1.165) is 128 Å². The van der Waals surface area contributed by atoms with E-state index in [1.807, 2.05) is 0 Å². The highest BCUT2D eigenvalue weighted by Crippen LogP contribution is 2.21. The standard InChI is InChI=1S/C53H95N3O14/c1-8-12-16-20-24-28-32-64-46(57)38-54(39-47(58)65-33-29-25-21-17-13-9-2)42-50(61)68-44-36-56(52(63)70-53(5,6)7)37-45(44)69-51(62)43-55(40-48(59)66-34-30-26-22-18-14-10-3)41-49(60)67-35-31-27-23-19-15-11-4/h44-45H,8-43H2,1-7H3/t44-,45-/m0/s1. The maximum atomic E-state index is 13.7. The molecule has 1 rings (SSSR count). The molecule has 17 heteroatoms. The summed E-state index contributed by atoms with van der Waals surface area (Å²) in [5, 5.41) is 0. The Kier molecular flexibility index (Phi) is 37.1. The molecule has 0 radical (unpaired) electrons. The number of amides is 1. The molecule has 0 aromatic carbocycles. The molecule has 0 unspecified atom stereocenters. The van der Waals surface area contributed by atoms with Gasteiger partial charge in [0.1, 0.15) is 5.60 Å². The number of hydrogen-bond donors (Lipinski definition) is 0. The van der Waals surface area contributed by atoms with Gasteiger partial charge >= 0.3 is 41.9 Å². The zero-order valence-corrected chi connectivity index (χ0v) is 44.7. The number of likely N-dealkylation sites (tertiary alicyclic amines) is 1. The van der Waals surface area contributed by atoms with Crippen molar-refractivity contribution in [1.29, 1.82) is 0 Å². The number of rotatable bonds is 42. The summed E-state index contributed by atoms with van der Waals surface area (Å²) in [6.07, 6.45) is 21.0. The van der Waals surface area contributed by atoms with E-state index < -0.39 is 72.8 Å². The highest BCUT2D eigenvalue weighted by atomic mass is 16.6. The summed E-state index contributed by atoms with van der Waals surface area (Å²) >= 11 is 0. The topological polar surface area (TPSA) is 194 Å². The molecular weight excluding hydrogens is 903 g/mol. The van der Waals surface area contributed by atoms with E-state index >= 15 is 0 Å². The predicted molar refractivity (Wildman–Crippen MR) is 268 cm³/mol. The Hall–Kier alpha value is -3.99. The zero-order chi connectivity index (χ0) is 51.8. The van der Waals surface area contributed by atoms with Gasteiger partial charge in [0.2, 0.25) is 0 Å². The van der Waals surface area contributed by atoms with Crippen molar-refractivity contribution < 1.29 is 66.7 Å². The highest BCUT2D eigenvalue weighted by molar-refractivity contribution is 5.79. The lowest BCUT2D eigenvalue weighted by Gasteiger charge is -2.24. The van der Waals surface area contributed by atoms with Crippen LogP contribution in [0, 0.1) is 0 Å². The van der Waals surface area contributed by atoms with Crippen molar-refractivity contribution in [3.63, 3.8) is 0 Å². The van der Waals surface area contributed by atoms with Crippen LogP contribution in [0.1, 0.15) is 203 Å². The quantitative estimate of drug-likeness (QED) is 0.0319. The molecule has 0 saturated carbocycles. The molecule has 0 bridgehead atoms. The van der Waals surface area contributed by atoms with Crippen LogP contribution in [0.4, 0.5) is 4.79 Å². The van der Waals surface area contributed by atoms with Crippen LogP contribution in [0.3, 0.4) is 0 Å².